The summed E-state index contributed by atoms with van der Waals surface area (Å²) < 4.78 is 0. The predicted octanol–water partition coefficient (Wildman–Crippen LogP) is 1.29. The molecule has 28 heavy (non-hydrogen) atoms. The molecule has 0 spiro atoms. The third-order valence-electron chi connectivity index (χ3n) is 3.46. The molecular weight excluding hydrogens is 364 g/mol. The summed E-state index contributed by atoms with van der Waals surface area (Å²) in [5.41, 5.74) is 13.6. The summed E-state index contributed by atoms with van der Waals surface area (Å²) in [6.07, 6.45) is -4.53. The first kappa shape index (κ1) is 25.2. The Morgan fingerprint density at radius 3 is 1.07 bits per heavy atom. The van der Waals surface area contributed by atoms with Gasteiger partial charge in [-0.2, -0.15) is 0 Å². The van der Waals surface area contributed by atoms with Crippen LogP contribution < -0.4 is 11.5 Å². The van der Waals surface area contributed by atoms with E-state index < -0.39 is 24.1 Å². The molecule has 4 unspecified atom stereocenters. The number of carboxylic acid groups (broad SMARTS) is 2. The van der Waals surface area contributed by atoms with Crippen LogP contribution in [0.5, 0.6) is 0 Å². The summed E-state index contributed by atoms with van der Waals surface area (Å²) in [5.74, 6) is -3.54. The van der Waals surface area contributed by atoms with Crippen molar-refractivity contribution in [3.8, 4) is 0 Å². The first-order chi connectivity index (χ1) is 13.1. The SMILES string of the molecule is CC(N)c1ccccc1.CC(N)c1ccccc1.O=C(O)C(O)C(O)C(=O)O. The van der Waals surface area contributed by atoms with Gasteiger partial charge >= 0.3 is 11.9 Å². The Labute approximate surface area is 164 Å². The van der Waals surface area contributed by atoms with E-state index in [4.69, 9.17) is 31.9 Å². The molecule has 8 heteroatoms. The van der Waals surface area contributed by atoms with Crippen molar-refractivity contribution in [3.63, 3.8) is 0 Å². The van der Waals surface area contributed by atoms with E-state index in [1.807, 2.05) is 74.5 Å². The van der Waals surface area contributed by atoms with Gasteiger partial charge in [-0.15, -0.1) is 0 Å². The molecule has 2 aromatic rings. The zero-order valence-electron chi connectivity index (χ0n) is 15.8. The maximum absolute atomic E-state index is 9.77. The van der Waals surface area contributed by atoms with E-state index in [9.17, 15) is 9.59 Å². The third-order valence-corrected chi connectivity index (χ3v) is 3.46. The van der Waals surface area contributed by atoms with Gasteiger partial charge in [0, 0.05) is 12.1 Å². The zero-order valence-corrected chi connectivity index (χ0v) is 15.8. The second kappa shape index (κ2) is 13.4. The average Bonchev–Trinajstić information content (AvgIpc) is 2.69. The van der Waals surface area contributed by atoms with E-state index in [0.717, 1.165) is 0 Å². The number of rotatable bonds is 5. The molecule has 0 saturated carbocycles. The molecule has 154 valence electrons. The molecule has 8 nitrogen and oxygen atoms in total. The highest BCUT2D eigenvalue weighted by atomic mass is 16.4. The number of aliphatic hydroxyl groups excluding tert-OH is 2. The summed E-state index contributed by atoms with van der Waals surface area (Å²) in [4.78, 5) is 19.5. The molecule has 2 rings (SSSR count). The molecule has 0 aliphatic rings. The number of hydrogen-bond acceptors (Lipinski definition) is 6. The van der Waals surface area contributed by atoms with Crippen molar-refractivity contribution in [1.29, 1.82) is 0 Å². The van der Waals surface area contributed by atoms with Crippen LogP contribution in [-0.4, -0.2) is 44.6 Å². The summed E-state index contributed by atoms with van der Waals surface area (Å²) >= 11 is 0. The van der Waals surface area contributed by atoms with Crippen molar-refractivity contribution >= 4 is 11.9 Å². The van der Waals surface area contributed by atoms with E-state index in [1.165, 1.54) is 11.1 Å². The van der Waals surface area contributed by atoms with Crippen LogP contribution >= 0.6 is 0 Å². The van der Waals surface area contributed by atoms with Crippen LogP contribution in [0.3, 0.4) is 0 Å². The van der Waals surface area contributed by atoms with Crippen LogP contribution in [0, 0.1) is 0 Å². The molecule has 0 heterocycles. The Morgan fingerprint density at radius 2 is 0.929 bits per heavy atom. The molecule has 0 amide bonds. The summed E-state index contributed by atoms with van der Waals surface area (Å²) in [6, 6.07) is 20.4. The number of benzene rings is 2. The van der Waals surface area contributed by atoms with Gasteiger partial charge in [-0.05, 0) is 25.0 Å². The van der Waals surface area contributed by atoms with Gasteiger partial charge in [0.2, 0.25) is 0 Å². The quantitative estimate of drug-likeness (QED) is 0.442. The van der Waals surface area contributed by atoms with Gasteiger partial charge in [0.1, 0.15) is 0 Å². The first-order valence-corrected chi connectivity index (χ1v) is 8.50. The van der Waals surface area contributed by atoms with Gasteiger partial charge in [0.15, 0.2) is 12.2 Å². The highest BCUT2D eigenvalue weighted by molar-refractivity contribution is 5.83. The lowest BCUT2D eigenvalue weighted by molar-refractivity contribution is -0.165. The lowest BCUT2D eigenvalue weighted by atomic mass is 10.1. The fraction of sp³-hybridized carbons (Fsp3) is 0.300. The van der Waals surface area contributed by atoms with Crippen LogP contribution in [0.1, 0.15) is 37.1 Å². The molecule has 0 fully saturated rings. The van der Waals surface area contributed by atoms with Crippen molar-refractivity contribution in [1.82, 2.24) is 0 Å². The van der Waals surface area contributed by atoms with Crippen LogP contribution in [0.15, 0.2) is 60.7 Å². The Bertz CT molecular complexity index is 631. The topological polar surface area (TPSA) is 167 Å². The minimum Gasteiger partial charge on any atom is -0.479 e. The van der Waals surface area contributed by atoms with E-state index in [0.29, 0.717) is 0 Å². The van der Waals surface area contributed by atoms with Crippen LogP contribution in [0.4, 0.5) is 0 Å². The first-order valence-electron chi connectivity index (χ1n) is 8.50. The summed E-state index contributed by atoms with van der Waals surface area (Å²) in [7, 11) is 0. The molecule has 0 aromatic heterocycles. The molecule has 0 aliphatic carbocycles. The molecule has 0 aliphatic heterocycles. The van der Waals surface area contributed by atoms with Gasteiger partial charge in [0.25, 0.3) is 0 Å². The van der Waals surface area contributed by atoms with Crippen molar-refractivity contribution in [2.24, 2.45) is 11.5 Å². The highest BCUT2D eigenvalue weighted by Gasteiger charge is 2.29. The van der Waals surface area contributed by atoms with Crippen molar-refractivity contribution in [2.45, 2.75) is 38.1 Å². The Hall–Kier alpha value is -2.78. The zero-order chi connectivity index (χ0) is 21.7. The van der Waals surface area contributed by atoms with Gasteiger partial charge in [-0.1, -0.05) is 60.7 Å². The number of nitrogens with two attached hydrogens (primary N) is 2. The second-order valence-electron chi connectivity index (χ2n) is 5.96. The summed E-state index contributed by atoms with van der Waals surface area (Å²) in [5, 5.41) is 32.5. The normalized spacial score (nSPS) is 14.1. The Kier molecular flexibility index (Phi) is 12.1. The molecular formula is C20H28N2O6. The fourth-order valence-electron chi connectivity index (χ4n) is 1.78. The number of aliphatic hydroxyl groups is 2. The van der Waals surface area contributed by atoms with Crippen LogP contribution in [0.2, 0.25) is 0 Å². The Morgan fingerprint density at radius 1 is 0.679 bits per heavy atom. The largest absolute Gasteiger partial charge is 0.479 e. The average molecular weight is 392 g/mol. The minimum absolute atomic E-state index is 0.159. The Balaban J connectivity index is 0.000000391. The highest BCUT2D eigenvalue weighted by Crippen LogP contribution is 2.07. The molecule has 2 aromatic carbocycles. The van der Waals surface area contributed by atoms with Crippen LogP contribution in [-0.2, 0) is 9.59 Å². The molecule has 0 saturated heterocycles. The van der Waals surface area contributed by atoms with Gasteiger partial charge < -0.3 is 31.9 Å². The maximum Gasteiger partial charge on any atom is 0.335 e. The van der Waals surface area contributed by atoms with E-state index in [1.54, 1.807) is 0 Å². The van der Waals surface area contributed by atoms with E-state index in [2.05, 4.69) is 0 Å². The predicted molar refractivity (Wildman–Crippen MR) is 105 cm³/mol. The summed E-state index contributed by atoms with van der Waals surface area (Å²) in [6.45, 7) is 3.96. The number of aliphatic carboxylic acids is 2. The van der Waals surface area contributed by atoms with Gasteiger partial charge in [0.05, 0.1) is 0 Å². The second-order valence-corrected chi connectivity index (χ2v) is 5.96. The standard InChI is InChI=1S/2C8H11N.C4H6O6/c2*1-7(9)8-5-3-2-4-6-8;5-1(3(7)8)2(6)4(9)10/h2*2-7H,9H2,1H3;1-2,5-6H,(H,7,8)(H,9,10). The third kappa shape index (κ3) is 10.4. The van der Waals surface area contributed by atoms with E-state index >= 15 is 0 Å². The lowest BCUT2D eigenvalue weighted by Crippen LogP contribution is -2.39. The van der Waals surface area contributed by atoms with E-state index in [-0.39, 0.29) is 12.1 Å². The fourth-order valence-corrected chi connectivity index (χ4v) is 1.78. The molecule has 0 radical (unpaired) electrons. The van der Waals surface area contributed by atoms with Crippen molar-refractivity contribution < 1.29 is 30.0 Å². The smallest absolute Gasteiger partial charge is 0.335 e. The molecule has 8 N–H and O–H groups in total. The van der Waals surface area contributed by atoms with Gasteiger partial charge in [-0.25, -0.2) is 9.59 Å². The molecule has 4 atom stereocenters. The van der Waals surface area contributed by atoms with Crippen molar-refractivity contribution in [3.05, 3.63) is 71.8 Å². The minimum atomic E-state index is -2.27. The van der Waals surface area contributed by atoms with Crippen LogP contribution in [0.25, 0.3) is 0 Å². The molecule has 0 bridgehead atoms. The monoisotopic (exact) mass is 392 g/mol. The maximum atomic E-state index is 9.77. The number of carboxylic acids is 2. The number of hydrogen-bond donors (Lipinski definition) is 6. The number of carbonyl (C=O) groups is 2. The lowest BCUT2D eigenvalue weighted by Gasteiger charge is -2.07. The van der Waals surface area contributed by atoms with Gasteiger partial charge in [-0.3, -0.25) is 0 Å². The van der Waals surface area contributed by atoms with Crippen molar-refractivity contribution in [2.75, 3.05) is 0 Å².